The number of ether oxygens (including phenoxy) is 2. The summed E-state index contributed by atoms with van der Waals surface area (Å²) >= 11 is 0. The van der Waals surface area contributed by atoms with Crippen molar-refractivity contribution >= 4 is 190 Å². The van der Waals surface area contributed by atoms with Gasteiger partial charge in [-0.2, -0.15) is 0 Å². The fourth-order valence-electron chi connectivity index (χ4n) is 17.3. The molecule has 0 aliphatic carbocycles. The summed E-state index contributed by atoms with van der Waals surface area (Å²) in [5.74, 6) is 1.96. The van der Waals surface area contributed by atoms with Crippen molar-refractivity contribution in [2.75, 3.05) is 13.7 Å². The molecule has 0 radical (unpaired) electrons. The number of thiophene rings is 6. The minimum Gasteiger partial charge on any atom is -0.497 e. The maximum absolute atomic E-state index is 11.5. The van der Waals surface area contributed by atoms with E-state index in [1.807, 2.05) is 31.2 Å². The van der Waals surface area contributed by atoms with Crippen LogP contribution in [-0.4, -0.2) is 19.5 Å². The Kier molecular flexibility index (Phi) is 24.2. The molecule has 0 aliphatic heterocycles. The van der Waals surface area contributed by atoms with Gasteiger partial charge in [0, 0.05) is 157 Å². The predicted molar refractivity (Wildman–Crippen MR) is 563 cm³/mol. The highest BCUT2D eigenvalue weighted by molar-refractivity contribution is 7.52. The summed E-state index contributed by atoms with van der Waals surface area (Å²) in [6.07, 6.45) is 0. The lowest BCUT2D eigenvalue weighted by atomic mass is 9.87. The molecule has 0 aliphatic rings. The molecule has 127 heavy (non-hydrogen) atoms. The minimum absolute atomic E-state index is 0.00637. The summed E-state index contributed by atoms with van der Waals surface area (Å²) in [7, 11) is 1.75. The van der Waals surface area contributed by atoms with Crippen molar-refractivity contribution in [1.29, 1.82) is 0 Å². The topological polar surface area (TPSA) is 35.5 Å². The van der Waals surface area contributed by atoms with E-state index in [4.69, 9.17) is 9.47 Å². The summed E-state index contributed by atoms with van der Waals surface area (Å²) in [4.78, 5) is 19.7. The van der Waals surface area contributed by atoms with Gasteiger partial charge in [0.2, 0.25) is 0 Å². The maximum atomic E-state index is 11.5. The molecule has 6 aromatic heterocycles. The quantitative estimate of drug-likeness (QED) is 0.101. The molecular formula is C118H96O3S6+6. The summed E-state index contributed by atoms with van der Waals surface area (Å²) in [5, 5.41) is 16.5. The molecule has 0 saturated carbocycles. The number of hydrogen-bond donors (Lipinski definition) is 0. The number of Topliss-reactive ketones (excluding diaryl/α,β-unsaturated/α-hetero) is 1. The number of rotatable bonds is 10. The zero-order valence-corrected chi connectivity index (χ0v) is 76.9. The molecule has 9 heteroatoms. The zero-order chi connectivity index (χ0) is 86.5. The van der Waals surface area contributed by atoms with Gasteiger partial charge in [-0.15, -0.1) is 0 Å². The Labute approximate surface area is 758 Å². The molecule has 0 saturated heterocycles. The van der Waals surface area contributed by atoms with E-state index in [1.54, 1.807) is 14.0 Å². The molecule has 0 bridgehead atoms. The van der Waals surface area contributed by atoms with Crippen LogP contribution in [0, 0.1) is 6.92 Å². The number of carbonyl (C=O) groups excluding carboxylic acids is 1. The number of fused-ring (bicyclic) bond motifs is 18. The second-order valence-corrected chi connectivity index (χ2v) is 44.1. The monoisotopic (exact) mass is 1750 g/mol. The molecule has 3 nitrogen and oxygen atoms in total. The van der Waals surface area contributed by atoms with Crippen molar-refractivity contribution in [3.8, 4) is 40.9 Å². The van der Waals surface area contributed by atoms with E-state index < -0.39 is 0 Å². The average molecular weight is 1750 g/mol. The lowest BCUT2D eigenvalue weighted by Crippen LogP contribution is -2.10. The maximum Gasteiger partial charge on any atom is 0.187 e. The van der Waals surface area contributed by atoms with Crippen LogP contribution in [0.15, 0.2) is 443 Å². The van der Waals surface area contributed by atoms with Crippen LogP contribution in [0.25, 0.3) is 150 Å². The van der Waals surface area contributed by atoms with Crippen LogP contribution in [0.4, 0.5) is 0 Å². The standard InChI is InChI=1S/C22H21S.C20H15OS.C20H17OS.C19H15OS.C19H15S.C18H13S/c1-22(2,3)16-12-14-17(15-13-16)23-20-10-6-4-8-18(20)19-9-5-7-11-21(19)23;1-14(21)15-10-12-16(13-11-15)22-19-8-4-2-6-17(19)18-7-3-5-9-20(18)22;1-2-21-15-11-13-16(14-12-15)22-19-9-5-3-7-17(19)18-8-4-6-10-20(18)22;1-20-14-10-12-15(13-11-14)21-18-8-4-2-6-16(18)17-7-3-5-9-19(17)21;1-14-10-12-15(13-11-14)20-18-8-4-2-6-16(18)17-7-3-5-9-19(17)20;1-2-8-14(9-3-1)19-17-12-6-4-10-15(17)16-11-5-7-13-18(16)19/h4-15H,1-3H3;2-13H,1H3;3-14H,2H2,1H3;2-13H,1H3;2-13H,1H3;1-13H/q6*+1. The lowest BCUT2D eigenvalue weighted by molar-refractivity contribution is 0.101. The summed E-state index contributed by atoms with van der Waals surface area (Å²) in [6, 6.07) is 159. The first-order valence-electron chi connectivity index (χ1n) is 43.1. The summed E-state index contributed by atoms with van der Waals surface area (Å²) in [6.45, 7) is 13.3. The highest BCUT2D eigenvalue weighted by Crippen LogP contribution is 2.55. The predicted octanol–water partition coefficient (Wildman–Crippen LogP) is 36.6. The first-order valence-corrected chi connectivity index (χ1v) is 50.5. The van der Waals surface area contributed by atoms with E-state index >= 15 is 0 Å². The first kappa shape index (κ1) is 83.1. The number of ketones is 1. The van der Waals surface area contributed by atoms with Crippen LogP contribution in [0.1, 0.15) is 56.1 Å². The molecule has 24 aromatic rings. The van der Waals surface area contributed by atoms with Gasteiger partial charge in [0.15, 0.2) is 91.6 Å². The van der Waals surface area contributed by atoms with Crippen LogP contribution in [0.5, 0.6) is 11.5 Å². The van der Waals surface area contributed by atoms with Gasteiger partial charge < -0.3 is 9.47 Å². The van der Waals surface area contributed by atoms with E-state index in [2.05, 4.69) is 446 Å². The Balaban J connectivity index is 0.0000000994. The second kappa shape index (κ2) is 37.0. The van der Waals surface area contributed by atoms with Crippen molar-refractivity contribution in [3.05, 3.63) is 460 Å². The SMILES string of the molecule is CC(=O)c1ccc(-[s+]2c3ccccc3c3ccccc32)cc1.CC(C)(C)c1ccc(-[s+]2c3ccccc3c3ccccc32)cc1.CCOc1ccc(-[s+]2c3ccccc3c3ccccc32)cc1.COc1ccc(-[s+]2c3ccccc3c3ccccc32)cc1.Cc1ccc(-[s+]2c3ccccc3c3ccccc32)cc1.c1ccc(-[s+]2c3ccccc3c3ccccc32)cc1. The van der Waals surface area contributed by atoms with E-state index in [0.29, 0.717) is 6.61 Å². The van der Waals surface area contributed by atoms with Crippen molar-refractivity contribution < 1.29 is 14.3 Å². The van der Waals surface area contributed by atoms with Gasteiger partial charge in [-0.05, 0) is 262 Å². The van der Waals surface area contributed by atoms with Gasteiger partial charge >= 0.3 is 0 Å². The Morgan fingerprint density at radius 3 is 0.638 bits per heavy atom. The fourth-order valence-corrected chi connectivity index (χ4v) is 31.6. The molecule has 6 heterocycles. The molecule has 0 amide bonds. The highest BCUT2D eigenvalue weighted by atomic mass is 32.2. The van der Waals surface area contributed by atoms with Gasteiger partial charge in [-0.3, -0.25) is 4.79 Å². The number of methoxy groups -OCH3 is 1. The van der Waals surface area contributed by atoms with Crippen molar-refractivity contribution in [1.82, 2.24) is 0 Å². The van der Waals surface area contributed by atoms with Gasteiger partial charge in [0.25, 0.3) is 0 Å². The molecule has 0 fully saturated rings. The van der Waals surface area contributed by atoms with Crippen LogP contribution in [-0.2, 0) is 5.41 Å². The largest absolute Gasteiger partial charge is 0.497 e. The molecule has 0 N–H and O–H groups in total. The molecular weight excluding hydrogens is 1660 g/mol. The van der Waals surface area contributed by atoms with Crippen molar-refractivity contribution in [2.24, 2.45) is 0 Å². The van der Waals surface area contributed by atoms with Gasteiger partial charge in [-0.25, -0.2) is 0 Å². The summed E-state index contributed by atoms with van der Waals surface area (Å²) < 4.78 is 28.0. The Bertz CT molecular complexity index is 7740. The fraction of sp³-hybridized carbons (Fsp3) is 0.0763. The highest BCUT2D eigenvalue weighted by Gasteiger charge is 2.30. The Morgan fingerprint density at radius 2 is 0.425 bits per heavy atom. The zero-order valence-electron chi connectivity index (χ0n) is 72.0. The minimum atomic E-state index is -0.0734. The molecule has 616 valence electrons. The third kappa shape index (κ3) is 16.6. The van der Waals surface area contributed by atoms with E-state index in [0.717, 1.165) is 17.1 Å². The van der Waals surface area contributed by atoms with E-state index in [9.17, 15) is 4.79 Å². The van der Waals surface area contributed by atoms with Gasteiger partial charge in [-0.1, -0.05) is 214 Å². The smallest absolute Gasteiger partial charge is 0.187 e. The lowest BCUT2D eigenvalue weighted by Gasteiger charge is -2.18. The van der Waals surface area contributed by atoms with Crippen molar-refractivity contribution in [3.63, 3.8) is 0 Å². The second-order valence-electron chi connectivity index (χ2n) is 32.4. The van der Waals surface area contributed by atoms with E-state index in [1.165, 1.54) is 162 Å². The Morgan fingerprint density at radius 1 is 0.236 bits per heavy atom. The number of hydrogen-bond acceptors (Lipinski definition) is 3. The third-order valence-corrected chi connectivity index (χ3v) is 37.4. The molecule has 18 aromatic carbocycles. The molecule has 0 atom stereocenters. The summed E-state index contributed by atoms with van der Waals surface area (Å²) in [5.41, 5.74) is 3.68. The first-order chi connectivity index (χ1) is 62.4. The number of carbonyl (C=O) groups is 1. The Hall–Kier alpha value is -13.5. The number of aryl methyl sites for hydroxylation is 1. The molecule has 0 spiro atoms. The van der Waals surface area contributed by atoms with Crippen molar-refractivity contribution in [2.45, 2.75) is 47.0 Å². The van der Waals surface area contributed by atoms with Crippen LogP contribution in [0.2, 0.25) is 0 Å². The van der Waals surface area contributed by atoms with Crippen LogP contribution in [0.3, 0.4) is 0 Å². The normalized spacial score (nSPS) is 11.3. The van der Waals surface area contributed by atoms with Gasteiger partial charge in [0.05, 0.1) is 13.7 Å². The number of benzene rings is 18. The molecule has 0 unspecified atom stereocenters. The van der Waals surface area contributed by atoms with Crippen LogP contribution >= 0.6 is 62.8 Å². The van der Waals surface area contributed by atoms with Crippen LogP contribution < -0.4 is 9.47 Å². The van der Waals surface area contributed by atoms with E-state index in [-0.39, 0.29) is 74.0 Å². The molecule has 24 rings (SSSR count). The third-order valence-electron chi connectivity index (χ3n) is 23.4. The average Bonchev–Trinajstić information content (AvgIpc) is 1.63. The van der Waals surface area contributed by atoms with Gasteiger partial charge in [0.1, 0.15) is 11.5 Å².